The number of nitrogens with zero attached hydrogens (tertiary/aromatic N) is 2. The van der Waals surface area contributed by atoms with Crippen LogP contribution in [0.25, 0.3) is 0 Å². The van der Waals surface area contributed by atoms with Crippen molar-refractivity contribution < 1.29 is 9.11 Å². The topological polar surface area (TPSA) is 52.6 Å². The van der Waals surface area contributed by atoms with Crippen molar-refractivity contribution in [3.8, 4) is 0 Å². The first-order valence-electron chi connectivity index (χ1n) is 7.56. The average molecular weight is 345 g/mol. The van der Waals surface area contributed by atoms with E-state index in [-0.39, 0.29) is 0 Å². The molecule has 22 heavy (non-hydrogen) atoms. The summed E-state index contributed by atoms with van der Waals surface area (Å²) in [6.45, 7) is 1.89. The normalized spacial score (nSPS) is 14.5. The van der Waals surface area contributed by atoms with E-state index in [1.54, 1.807) is 0 Å². The molecule has 0 heterocycles. The van der Waals surface area contributed by atoms with E-state index in [9.17, 15) is 9.11 Å². The molecule has 0 spiro atoms. The van der Waals surface area contributed by atoms with Gasteiger partial charge in [-0.25, -0.2) is 0 Å². The largest absolute Gasteiger partial charge is 0.611 e. The predicted molar refractivity (Wildman–Crippen MR) is 95.3 cm³/mol. The molecule has 2 unspecified atom stereocenters. The molecule has 0 bridgehead atoms. The van der Waals surface area contributed by atoms with Crippen LogP contribution in [0.15, 0.2) is 34.1 Å². The van der Waals surface area contributed by atoms with Crippen LogP contribution in [-0.4, -0.2) is 71.7 Å². The zero-order valence-electron chi connectivity index (χ0n) is 14.1. The molecule has 0 aliphatic carbocycles. The lowest BCUT2D eigenvalue weighted by Crippen LogP contribution is -2.18. The van der Waals surface area contributed by atoms with Crippen LogP contribution in [0.1, 0.15) is 12.8 Å². The van der Waals surface area contributed by atoms with Crippen LogP contribution in [-0.2, 0) is 22.4 Å². The molecule has 0 amide bonds. The predicted octanol–water partition coefficient (Wildman–Crippen LogP) is 1.81. The summed E-state index contributed by atoms with van der Waals surface area (Å²) >= 11 is -1.93. The molecule has 0 aromatic heterocycles. The van der Waals surface area contributed by atoms with Gasteiger partial charge in [0.05, 0.1) is 0 Å². The van der Waals surface area contributed by atoms with Crippen LogP contribution in [0.4, 0.5) is 0 Å². The molecular formula is C16H28N2O2S2. The van der Waals surface area contributed by atoms with Crippen LogP contribution in [0.3, 0.4) is 0 Å². The third kappa shape index (κ3) is 7.85. The second kappa shape index (κ2) is 10.5. The molecular weight excluding hydrogens is 316 g/mol. The van der Waals surface area contributed by atoms with Gasteiger partial charge in [0.15, 0.2) is 9.79 Å². The van der Waals surface area contributed by atoms with Crippen molar-refractivity contribution >= 4 is 22.4 Å². The summed E-state index contributed by atoms with van der Waals surface area (Å²) in [5.41, 5.74) is 0. The van der Waals surface area contributed by atoms with Gasteiger partial charge in [-0.05, 0) is 74.8 Å². The van der Waals surface area contributed by atoms with Gasteiger partial charge in [-0.1, -0.05) is 0 Å². The van der Waals surface area contributed by atoms with Gasteiger partial charge in [-0.3, -0.25) is 0 Å². The van der Waals surface area contributed by atoms with E-state index in [1.165, 1.54) is 0 Å². The lowest BCUT2D eigenvalue weighted by Gasteiger charge is -2.14. The molecule has 0 saturated carbocycles. The molecule has 0 N–H and O–H groups in total. The first-order chi connectivity index (χ1) is 10.4. The Kier molecular flexibility index (Phi) is 9.47. The minimum atomic E-state index is -0.965. The van der Waals surface area contributed by atoms with Crippen molar-refractivity contribution in [3.05, 3.63) is 24.3 Å². The second-order valence-corrected chi connectivity index (χ2v) is 9.03. The highest BCUT2D eigenvalue weighted by atomic mass is 32.2. The van der Waals surface area contributed by atoms with Crippen LogP contribution >= 0.6 is 0 Å². The fourth-order valence-electron chi connectivity index (χ4n) is 2.00. The standard InChI is InChI=1S/C16H28N2O2S2/c1-17(2)11-5-13-21(19)15-7-9-16(10-8-15)22(20)14-6-12-18(3)4/h7-10H,5-6,11-14H2,1-4H3. The highest BCUT2D eigenvalue weighted by Crippen LogP contribution is 2.18. The maximum atomic E-state index is 12.2. The summed E-state index contributed by atoms with van der Waals surface area (Å²) in [5, 5.41) is 0. The van der Waals surface area contributed by atoms with Crippen LogP contribution in [0.5, 0.6) is 0 Å². The molecule has 1 aromatic rings. The summed E-state index contributed by atoms with van der Waals surface area (Å²) in [5.74, 6) is 1.34. The molecule has 0 aliphatic heterocycles. The highest BCUT2D eigenvalue weighted by Gasteiger charge is 2.15. The molecule has 1 rings (SSSR count). The Morgan fingerprint density at radius 3 is 1.32 bits per heavy atom. The van der Waals surface area contributed by atoms with Crippen LogP contribution in [0, 0.1) is 0 Å². The maximum absolute atomic E-state index is 12.2. The number of rotatable bonds is 10. The zero-order valence-corrected chi connectivity index (χ0v) is 15.7. The SMILES string of the molecule is CN(C)CCC[S+]([O-])c1ccc([S+]([O-])CCCN(C)C)cc1. The van der Waals surface area contributed by atoms with Crippen molar-refractivity contribution in [3.63, 3.8) is 0 Å². The molecule has 0 saturated heterocycles. The van der Waals surface area contributed by atoms with Gasteiger partial charge in [0.1, 0.15) is 11.5 Å². The van der Waals surface area contributed by atoms with Crippen LogP contribution in [0.2, 0.25) is 0 Å². The van der Waals surface area contributed by atoms with Gasteiger partial charge in [-0.15, -0.1) is 0 Å². The molecule has 1 aromatic carbocycles. The number of benzene rings is 1. The van der Waals surface area contributed by atoms with Gasteiger partial charge in [0.25, 0.3) is 0 Å². The number of hydrogen-bond acceptors (Lipinski definition) is 4. The van der Waals surface area contributed by atoms with Crippen molar-refractivity contribution in [2.45, 2.75) is 22.6 Å². The first kappa shape index (κ1) is 19.8. The zero-order chi connectivity index (χ0) is 16.5. The third-order valence-corrected chi connectivity index (χ3v) is 6.13. The Hall–Kier alpha value is -0.240. The van der Waals surface area contributed by atoms with Crippen molar-refractivity contribution in [1.29, 1.82) is 0 Å². The Labute approximate surface area is 141 Å². The fraction of sp³-hybridized carbons (Fsp3) is 0.625. The van der Waals surface area contributed by atoms with E-state index < -0.39 is 22.4 Å². The van der Waals surface area contributed by atoms with Gasteiger partial charge in [0, 0.05) is 25.9 Å². The Morgan fingerprint density at radius 2 is 1.05 bits per heavy atom. The van der Waals surface area contributed by atoms with Crippen molar-refractivity contribution in [1.82, 2.24) is 9.80 Å². The minimum Gasteiger partial charge on any atom is -0.611 e. The second-order valence-electron chi connectivity index (χ2n) is 5.88. The Balaban J connectivity index is 2.44. The van der Waals surface area contributed by atoms with E-state index in [1.807, 2.05) is 52.5 Å². The van der Waals surface area contributed by atoms with Gasteiger partial charge < -0.3 is 18.9 Å². The van der Waals surface area contributed by atoms with Crippen LogP contribution < -0.4 is 0 Å². The molecule has 126 valence electrons. The molecule has 2 atom stereocenters. The minimum absolute atomic E-state index is 0.670. The summed E-state index contributed by atoms with van der Waals surface area (Å²) in [6.07, 6.45) is 1.83. The van der Waals surface area contributed by atoms with E-state index in [4.69, 9.17) is 0 Å². The van der Waals surface area contributed by atoms with Gasteiger partial charge >= 0.3 is 0 Å². The van der Waals surface area contributed by atoms with E-state index in [0.717, 1.165) is 35.7 Å². The van der Waals surface area contributed by atoms with E-state index in [0.29, 0.717) is 11.5 Å². The van der Waals surface area contributed by atoms with E-state index in [2.05, 4.69) is 9.80 Å². The van der Waals surface area contributed by atoms with Gasteiger partial charge in [-0.2, -0.15) is 0 Å². The monoisotopic (exact) mass is 344 g/mol. The Bertz CT molecular complexity index is 374. The summed E-state index contributed by atoms with van der Waals surface area (Å²) in [4.78, 5) is 5.84. The maximum Gasteiger partial charge on any atom is 0.153 e. The van der Waals surface area contributed by atoms with E-state index >= 15 is 0 Å². The average Bonchev–Trinajstić information content (AvgIpc) is 2.46. The third-order valence-electron chi connectivity index (χ3n) is 3.22. The lowest BCUT2D eigenvalue weighted by molar-refractivity contribution is 0.408. The van der Waals surface area contributed by atoms with Crippen molar-refractivity contribution in [2.75, 3.05) is 52.8 Å². The lowest BCUT2D eigenvalue weighted by atomic mass is 10.4. The van der Waals surface area contributed by atoms with Gasteiger partial charge in [0.2, 0.25) is 0 Å². The fourth-order valence-corrected chi connectivity index (χ4v) is 4.14. The van der Waals surface area contributed by atoms with Crippen molar-refractivity contribution in [2.24, 2.45) is 0 Å². The number of hydrogen-bond donors (Lipinski definition) is 0. The molecule has 0 aliphatic rings. The molecule has 0 radical (unpaired) electrons. The molecule has 4 nitrogen and oxygen atoms in total. The molecule has 6 heteroatoms. The summed E-state index contributed by atoms with van der Waals surface area (Å²) < 4.78 is 24.3. The molecule has 0 fully saturated rings. The first-order valence-corrected chi connectivity index (χ1v) is 10.2. The summed E-state index contributed by atoms with van der Waals surface area (Å²) in [7, 11) is 8.07. The Morgan fingerprint density at radius 1 is 0.727 bits per heavy atom. The summed E-state index contributed by atoms with van der Waals surface area (Å²) in [6, 6.07) is 7.41. The smallest absolute Gasteiger partial charge is 0.153 e. The highest BCUT2D eigenvalue weighted by molar-refractivity contribution is 7.91. The quantitative estimate of drug-likeness (QED) is 0.608.